The van der Waals surface area contributed by atoms with E-state index < -0.39 is 0 Å². The molecule has 0 fully saturated rings. The minimum Gasteiger partial charge on any atom is -0.399 e. The summed E-state index contributed by atoms with van der Waals surface area (Å²) < 4.78 is 0. The number of nitrogens with two attached hydrogens (primary N) is 2. The lowest BCUT2D eigenvalue weighted by molar-refractivity contribution is 1.19. The summed E-state index contributed by atoms with van der Waals surface area (Å²) >= 11 is 0. The summed E-state index contributed by atoms with van der Waals surface area (Å²) in [7, 11) is 0. The van der Waals surface area contributed by atoms with Gasteiger partial charge >= 0.3 is 0 Å². The second-order valence-corrected chi connectivity index (χ2v) is 7.24. The molecule has 28 heavy (non-hydrogen) atoms. The lowest BCUT2D eigenvalue weighted by Crippen LogP contribution is -1.92. The van der Waals surface area contributed by atoms with Crippen molar-refractivity contribution in [1.82, 2.24) is 0 Å². The second-order valence-electron chi connectivity index (χ2n) is 7.24. The fraction of sp³-hybridized carbons (Fsp3) is 0.0769. The Labute approximate surface area is 166 Å². The molecule has 0 aliphatic heterocycles. The maximum absolute atomic E-state index is 5.91. The van der Waals surface area contributed by atoms with Crippen LogP contribution in [0.15, 0.2) is 97.1 Å². The summed E-state index contributed by atoms with van der Waals surface area (Å²) in [5.74, 6) is 0. The fourth-order valence-electron chi connectivity index (χ4n) is 3.53. The lowest BCUT2D eigenvalue weighted by atomic mass is 9.96. The molecule has 0 amide bonds. The Bertz CT molecular complexity index is 1080. The van der Waals surface area contributed by atoms with Gasteiger partial charge in [0.05, 0.1) is 0 Å². The maximum atomic E-state index is 5.91. The minimum atomic E-state index is 0.800. The third kappa shape index (κ3) is 4.41. The molecule has 4 rings (SSSR count). The molecular weight excluding hydrogens is 340 g/mol. The van der Waals surface area contributed by atoms with Gasteiger partial charge in [0.25, 0.3) is 0 Å². The van der Waals surface area contributed by atoms with Gasteiger partial charge in [-0.1, -0.05) is 72.8 Å². The van der Waals surface area contributed by atoms with Crippen LogP contribution in [0.3, 0.4) is 0 Å². The Morgan fingerprint density at radius 3 is 1.50 bits per heavy atom. The molecule has 4 N–H and O–H groups in total. The van der Waals surface area contributed by atoms with Crippen LogP contribution in [0.25, 0.3) is 11.1 Å². The molecule has 0 saturated carbocycles. The molecule has 2 heteroatoms. The lowest BCUT2D eigenvalue weighted by Gasteiger charge is -2.09. The number of rotatable bonds is 5. The summed E-state index contributed by atoms with van der Waals surface area (Å²) in [6.45, 7) is 0. The van der Waals surface area contributed by atoms with Crippen LogP contribution in [0.2, 0.25) is 0 Å². The van der Waals surface area contributed by atoms with E-state index in [0.717, 1.165) is 24.2 Å². The first kappa shape index (κ1) is 17.9. The van der Waals surface area contributed by atoms with E-state index in [1.807, 2.05) is 30.3 Å². The van der Waals surface area contributed by atoms with Gasteiger partial charge in [0, 0.05) is 11.4 Å². The SMILES string of the molecule is Nc1ccc(Cc2cccc(-c3cccc(Cc4cccc(N)c4)c3)c2)cc1. The maximum Gasteiger partial charge on any atom is 0.0316 e. The highest BCUT2D eigenvalue weighted by molar-refractivity contribution is 5.65. The van der Waals surface area contributed by atoms with Crippen LogP contribution >= 0.6 is 0 Å². The first-order valence-corrected chi connectivity index (χ1v) is 9.53. The first-order chi connectivity index (χ1) is 13.7. The van der Waals surface area contributed by atoms with Gasteiger partial charge in [0.1, 0.15) is 0 Å². The average molecular weight is 364 g/mol. The third-order valence-corrected chi connectivity index (χ3v) is 4.93. The van der Waals surface area contributed by atoms with Crippen LogP contribution in [-0.4, -0.2) is 0 Å². The molecule has 4 aromatic rings. The molecule has 2 nitrogen and oxygen atoms in total. The zero-order chi connectivity index (χ0) is 19.3. The molecule has 0 radical (unpaired) electrons. The average Bonchev–Trinajstić information content (AvgIpc) is 2.70. The van der Waals surface area contributed by atoms with Crippen molar-refractivity contribution in [1.29, 1.82) is 0 Å². The summed E-state index contributed by atoms with van der Waals surface area (Å²) in [5, 5.41) is 0. The number of hydrogen-bond acceptors (Lipinski definition) is 2. The van der Waals surface area contributed by atoms with E-state index in [4.69, 9.17) is 11.5 Å². The highest BCUT2D eigenvalue weighted by atomic mass is 14.5. The van der Waals surface area contributed by atoms with E-state index in [9.17, 15) is 0 Å². The van der Waals surface area contributed by atoms with Crippen LogP contribution in [0.5, 0.6) is 0 Å². The monoisotopic (exact) mass is 364 g/mol. The highest BCUT2D eigenvalue weighted by Crippen LogP contribution is 2.24. The molecule has 0 atom stereocenters. The van der Waals surface area contributed by atoms with Gasteiger partial charge in [-0.15, -0.1) is 0 Å². The van der Waals surface area contributed by atoms with Crippen LogP contribution in [0.4, 0.5) is 11.4 Å². The van der Waals surface area contributed by atoms with E-state index in [1.54, 1.807) is 0 Å². The second kappa shape index (κ2) is 8.01. The van der Waals surface area contributed by atoms with Crippen molar-refractivity contribution in [3.8, 4) is 11.1 Å². The fourth-order valence-corrected chi connectivity index (χ4v) is 3.53. The third-order valence-electron chi connectivity index (χ3n) is 4.93. The number of nitrogen functional groups attached to an aromatic ring is 2. The van der Waals surface area contributed by atoms with E-state index >= 15 is 0 Å². The van der Waals surface area contributed by atoms with Crippen LogP contribution < -0.4 is 11.5 Å². The van der Waals surface area contributed by atoms with Gasteiger partial charge in [0.15, 0.2) is 0 Å². The highest BCUT2D eigenvalue weighted by Gasteiger charge is 2.04. The predicted octanol–water partition coefficient (Wildman–Crippen LogP) is 5.70. The summed E-state index contributed by atoms with van der Waals surface area (Å²) in [5.41, 5.74) is 20.9. The Hall–Kier alpha value is -3.52. The molecule has 0 heterocycles. The molecule has 0 saturated heterocycles. The molecule has 4 aromatic carbocycles. The molecule has 138 valence electrons. The number of benzene rings is 4. The van der Waals surface area contributed by atoms with Crippen molar-refractivity contribution in [3.05, 3.63) is 119 Å². The molecule has 0 aromatic heterocycles. The van der Waals surface area contributed by atoms with E-state index in [-0.39, 0.29) is 0 Å². The van der Waals surface area contributed by atoms with Crippen molar-refractivity contribution >= 4 is 11.4 Å². The number of anilines is 2. The van der Waals surface area contributed by atoms with E-state index in [2.05, 4.69) is 66.7 Å². The smallest absolute Gasteiger partial charge is 0.0316 e. The molecule has 0 spiro atoms. The molecule has 0 aliphatic rings. The topological polar surface area (TPSA) is 52.0 Å². The molecule has 0 unspecified atom stereocenters. The molecule has 0 bridgehead atoms. The van der Waals surface area contributed by atoms with E-state index in [1.165, 1.54) is 33.4 Å². The van der Waals surface area contributed by atoms with Crippen molar-refractivity contribution in [2.75, 3.05) is 11.5 Å². The summed E-state index contributed by atoms with van der Waals surface area (Å²) in [4.78, 5) is 0. The minimum absolute atomic E-state index is 0.800. The largest absolute Gasteiger partial charge is 0.399 e. The zero-order valence-corrected chi connectivity index (χ0v) is 15.8. The van der Waals surface area contributed by atoms with Gasteiger partial charge in [-0.3, -0.25) is 0 Å². The van der Waals surface area contributed by atoms with Gasteiger partial charge in [-0.25, -0.2) is 0 Å². The Morgan fingerprint density at radius 2 is 0.929 bits per heavy atom. The number of hydrogen-bond donors (Lipinski definition) is 2. The molecule has 0 aliphatic carbocycles. The Kier molecular flexibility index (Phi) is 5.11. The van der Waals surface area contributed by atoms with Crippen molar-refractivity contribution in [3.63, 3.8) is 0 Å². The van der Waals surface area contributed by atoms with Crippen molar-refractivity contribution in [2.24, 2.45) is 0 Å². The van der Waals surface area contributed by atoms with E-state index in [0.29, 0.717) is 0 Å². The van der Waals surface area contributed by atoms with Crippen LogP contribution in [0.1, 0.15) is 22.3 Å². The standard InChI is InChI=1S/C26H24N2/c27-25-12-10-19(11-13-25)14-20-4-1-7-23(16-20)24-8-2-5-21(17-24)15-22-6-3-9-26(28)18-22/h1-13,16-18H,14-15,27-28H2. The van der Waals surface area contributed by atoms with Gasteiger partial charge in [0.2, 0.25) is 0 Å². The summed E-state index contributed by atoms with van der Waals surface area (Å²) in [6, 6.07) is 33.7. The predicted molar refractivity (Wildman–Crippen MR) is 119 cm³/mol. The van der Waals surface area contributed by atoms with Crippen molar-refractivity contribution in [2.45, 2.75) is 12.8 Å². The zero-order valence-electron chi connectivity index (χ0n) is 15.8. The molecular formula is C26H24N2. The normalized spacial score (nSPS) is 10.7. The van der Waals surface area contributed by atoms with Gasteiger partial charge < -0.3 is 11.5 Å². The Morgan fingerprint density at radius 1 is 0.429 bits per heavy atom. The first-order valence-electron chi connectivity index (χ1n) is 9.53. The van der Waals surface area contributed by atoms with Gasteiger partial charge in [-0.2, -0.15) is 0 Å². The Balaban J connectivity index is 1.56. The van der Waals surface area contributed by atoms with Crippen LogP contribution in [-0.2, 0) is 12.8 Å². The van der Waals surface area contributed by atoms with Crippen molar-refractivity contribution < 1.29 is 0 Å². The summed E-state index contributed by atoms with van der Waals surface area (Å²) in [6.07, 6.45) is 1.78. The van der Waals surface area contributed by atoms with Crippen LogP contribution in [0, 0.1) is 0 Å². The van der Waals surface area contributed by atoms with Gasteiger partial charge in [-0.05, 0) is 70.5 Å². The quantitative estimate of drug-likeness (QED) is 0.446.